The second kappa shape index (κ2) is 7.61. The van der Waals surface area contributed by atoms with Crippen molar-refractivity contribution in [2.75, 3.05) is 34.2 Å². The van der Waals surface area contributed by atoms with E-state index in [1.54, 1.807) is 30.5 Å². The summed E-state index contributed by atoms with van der Waals surface area (Å²) < 4.78 is 0. The summed E-state index contributed by atoms with van der Waals surface area (Å²) in [6, 6.07) is 5.55. The molecule has 0 saturated carbocycles. The lowest BCUT2D eigenvalue weighted by atomic mass is 10.2. The van der Waals surface area contributed by atoms with Gasteiger partial charge in [0.2, 0.25) is 0 Å². The number of carbonyl (C=O) groups excluding carboxylic acids is 1. The van der Waals surface area contributed by atoms with Gasteiger partial charge in [-0.25, -0.2) is 9.97 Å². The number of hydrogen-bond donors (Lipinski definition) is 0. The minimum Gasteiger partial charge on any atom is -0.342 e. The molecule has 116 valence electrons. The molecule has 22 heavy (non-hydrogen) atoms. The van der Waals surface area contributed by atoms with Crippen molar-refractivity contribution >= 4 is 5.91 Å². The Morgan fingerprint density at radius 2 is 1.77 bits per heavy atom. The molecular weight excluding hydrogens is 278 g/mol. The van der Waals surface area contributed by atoms with Crippen LogP contribution in [0.3, 0.4) is 0 Å². The highest BCUT2D eigenvalue weighted by Gasteiger charge is 2.13. The van der Waals surface area contributed by atoms with E-state index in [4.69, 9.17) is 0 Å². The Labute approximate surface area is 130 Å². The SMILES string of the molecule is CN(C)CCCN(C)C(=O)c1cnc(-c2ccccn2)nc1. The second-order valence-electron chi connectivity index (χ2n) is 5.39. The lowest BCUT2D eigenvalue weighted by molar-refractivity contribution is 0.0790. The van der Waals surface area contributed by atoms with E-state index in [-0.39, 0.29) is 5.91 Å². The maximum atomic E-state index is 12.3. The molecule has 0 saturated heterocycles. The van der Waals surface area contributed by atoms with Crippen LogP contribution in [0.2, 0.25) is 0 Å². The number of aromatic nitrogens is 3. The summed E-state index contributed by atoms with van der Waals surface area (Å²) in [5.41, 5.74) is 1.19. The average Bonchev–Trinajstić information content (AvgIpc) is 2.54. The Bertz CT molecular complexity index is 598. The molecule has 1 amide bonds. The molecule has 0 bridgehead atoms. The topological polar surface area (TPSA) is 62.2 Å². The molecular formula is C16H21N5O. The molecule has 0 radical (unpaired) electrons. The highest BCUT2D eigenvalue weighted by molar-refractivity contribution is 5.93. The summed E-state index contributed by atoms with van der Waals surface area (Å²) in [4.78, 5) is 28.7. The summed E-state index contributed by atoms with van der Waals surface area (Å²) >= 11 is 0. The number of nitrogens with zero attached hydrogens (tertiary/aromatic N) is 5. The summed E-state index contributed by atoms with van der Waals surface area (Å²) in [6.07, 6.45) is 5.74. The van der Waals surface area contributed by atoms with Crippen LogP contribution in [0.15, 0.2) is 36.8 Å². The fraction of sp³-hybridized carbons (Fsp3) is 0.375. The third-order valence-corrected chi connectivity index (χ3v) is 3.24. The molecule has 0 aromatic carbocycles. The van der Waals surface area contributed by atoms with E-state index in [9.17, 15) is 4.79 Å². The van der Waals surface area contributed by atoms with Gasteiger partial charge in [-0.15, -0.1) is 0 Å². The van der Waals surface area contributed by atoms with Gasteiger partial charge in [0.25, 0.3) is 5.91 Å². The zero-order valence-corrected chi connectivity index (χ0v) is 13.2. The van der Waals surface area contributed by atoms with Crippen molar-refractivity contribution in [1.82, 2.24) is 24.8 Å². The Hall–Kier alpha value is -2.34. The third-order valence-electron chi connectivity index (χ3n) is 3.24. The maximum Gasteiger partial charge on any atom is 0.256 e. The molecule has 0 aliphatic carbocycles. The number of hydrogen-bond acceptors (Lipinski definition) is 5. The molecule has 0 aliphatic rings. The molecule has 2 heterocycles. The lowest BCUT2D eigenvalue weighted by Gasteiger charge is -2.18. The summed E-state index contributed by atoms with van der Waals surface area (Å²) in [6.45, 7) is 1.66. The van der Waals surface area contributed by atoms with E-state index >= 15 is 0 Å². The quantitative estimate of drug-likeness (QED) is 0.810. The second-order valence-corrected chi connectivity index (χ2v) is 5.39. The number of carbonyl (C=O) groups is 1. The van der Waals surface area contributed by atoms with Crippen LogP contribution < -0.4 is 0 Å². The highest BCUT2D eigenvalue weighted by atomic mass is 16.2. The predicted octanol–water partition coefficient (Wildman–Crippen LogP) is 1.56. The van der Waals surface area contributed by atoms with Crippen LogP contribution in [-0.4, -0.2) is 64.9 Å². The molecule has 2 aromatic rings. The van der Waals surface area contributed by atoms with Crippen LogP contribution in [0.25, 0.3) is 11.5 Å². The Kier molecular flexibility index (Phi) is 5.55. The van der Waals surface area contributed by atoms with Crippen LogP contribution in [0.5, 0.6) is 0 Å². The normalized spacial score (nSPS) is 10.7. The van der Waals surface area contributed by atoms with Gasteiger partial charge in [0.15, 0.2) is 5.82 Å². The van der Waals surface area contributed by atoms with E-state index in [0.29, 0.717) is 23.6 Å². The maximum absolute atomic E-state index is 12.3. The molecule has 0 N–H and O–H groups in total. The molecule has 2 rings (SSSR count). The van der Waals surface area contributed by atoms with E-state index in [1.807, 2.05) is 32.3 Å². The van der Waals surface area contributed by atoms with Crippen molar-refractivity contribution in [2.45, 2.75) is 6.42 Å². The minimum atomic E-state index is -0.0636. The van der Waals surface area contributed by atoms with Gasteiger partial charge in [0.05, 0.1) is 5.56 Å². The Morgan fingerprint density at radius 1 is 1.05 bits per heavy atom. The first-order valence-electron chi connectivity index (χ1n) is 7.21. The van der Waals surface area contributed by atoms with Crippen molar-refractivity contribution in [3.8, 4) is 11.5 Å². The molecule has 0 atom stereocenters. The average molecular weight is 299 g/mol. The summed E-state index contributed by atoms with van der Waals surface area (Å²) in [5.74, 6) is 0.457. The number of pyridine rings is 1. The van der Waals surface area contributed by atoms with E-state index in [1.165, 1.54) is 0 Å². The summed E-state index contributed by atoms with van der Waals surface area (Å²) in [5, 5.41) is 0. The molecule has 0 aliphatic heterocycles. The fourth-order valence-corrected chi connectivity index (χ4v) is 2.01. The first kappa shape index (κ1) is 16.0. The molecule has 6 nitrogen and oxygen atoms in total. The molecule has 2 aromatic heterocycles. The van der Waals surface area contributed by atoms with Crippen molar-refractivity contribution < 1.29 is 4.79 Å². The van der Waals surface area contributed by atoms with Gasteiger partial charge in [-0.1, -0.05) is 6.07 Å². The Balaban J connectivity index is 1.99. The van der Waals surface area contributed by atoms with Gasteiger partial charge < -0.3 is 9.80 Å². The van der Waals surface area contributed by atoms with Gasteiger partial charge in [0, 0.05) is 32.2 Å². The zero-order valence-electron chi connectivity index (χ0n) is 13.2. The van der Waals surface area contributed by atoms with Crippen molar-refractivity contribution in [3.05, 3.63) is 42.4 Å². The van der Waals surface area contributed by atoms with E-state index in [0.717, 1.165) is 13.0 Å². The van der Waals surface area contributed by atoms with Crippen molar-refractivity contribution in [3.63, 3.8) is 0 Å². The smallest absolute Gasteiger partial charge is 0.256 e. The standard InChI is InChI=1S/C16H21N5O/c1-20(2)9-6-10-21(3)16(22)13-11-18-15(19-12-13)14-7-4-5-8-17-14/h4-5,7-8,11-12H,6,9-10H2,1-3H3. The fourth-order valence-electron chi connectivity index (χ4n) is 2.01. The van der Waals surface area contributed by atoms with Crippen LogP contribution in [0, 0.1) is 0 Å². The number of rotatable bonds is 6. The van der Waals surface area contributed by atoms with E-state index < -0.39 is 0 Å². The van der Waals surface area contributed by atoms with Gasteiger partial charge in [0.1, 0.15) is 5.69 Å². The van der Waals surface area contributed by atoms with Gasteiger partial charge >= 0.3 is 0 Å². The van der Waals surface area contributed by atoms with Crippen molar-refractivity contribution in [2.24, 2.45) is 0 Å². The van der Waals surface area contributed by atoms with Crippen LogP contribution in [-0.2, 0) is 0 Å². The van der Waals surface area contributed by atoms with Crippen LogP contribution in [0.4, 0.5) is 0 Å². The van der Waals surface area contributed by atoms with Crippen molar-refractivity contribution in [1.29, 1.82) is 0 Å². The molecule has 0 unspecified atom stereocenters. The van der Waals surface area contributed by atoms with Gasteiger partial charge in [-0.2, -0.15) is 0 Å². The number of amides is 1. The first-order chi connectivity index (χ1) is 10.6. The molecule has 0 spiro atoms. The Morgan fingerprint density at radius 3 is 2.36 bits per heavy atom. The van der Waals surface area contributed by atoms with Gasteiger partial charge in [-0.3, -0.25) is 9.78 Å². The van der Waals surface area contributed by atoms with E-state index in [2.05, 4.69) is 19.9 Å². The highest BCUT2D eigenvalue weighted by Crippen LogP contribution is 2.11. The third kappa shape index (κ3) is 4.33. The lowest BCUT2D eigenvalue weighted by Crippen LogP contribution is -2.30. The van der Waals surface area contributed by atoms with Crippen LogP contribution in [0.1, 0.15) is 16.8 Å². The first-order valence-corrected chi connectivity index (χ1v) is 7.21. The molecule has 0 fully saturated rings. The van der Waals surface area contributed by atoms with Gasteiger partial charge in [-0.05, 0) is 39.2 Å². The molecule has 6 heteroatoms. The monoisotopic (exact) mass is 299 g/mol. The van der Waals surface area contributed by atoms with Crippen LogP contribution >= 0.6 is 0 Å². The summed E-state index contributed by atoms with van der Waals surface area (Å²) in [7, 11) is 5.84. The minimum absolute atomic E-state index is 0.0636. The predicted molar refractivity (Wildman–Crippen MR) is 85.4 cm³/mol. The largest absolute Gasteiger partial charge is 0.342 e. The zero-order chi connectivity index (χ0) is 15.9.